The van der Waals surface area contributed by atoms with E-state index in [4.69, 9.17) is 16.7 Å². The van der Waals surface area contributed by atoms with Gasteiger partial charge in [0.15, 0.2) is 0 Å². The van der Waals surface area contributed by atoms with Gasteiger partial charge in [-0.1, -0.05) is 34.5 Å². The lowest BCUT2D eigenvalue weighted by atomic mass is 10.1. The number of carbonyl (C=O) groups excluding carboxylic acids is 1. The Morgan fingerprint density at radius 3 is 2.65 bits per heavy atom. The second kappa shape index (κ2) is 6.02. The molecule has 4 nitrogen and oxygen atoms in total. The third-order valence-electron chi connectivity index (χ3n) is 2.12. The summed E-state index contributed by atoms with van der Waals surface area (Å²) in [6.45, 7) is 1.61. The maximum absolute atomic E-state index is 11.7. The number of carbonyl (C=O) groups is 2. The molecule has 1 unspecified atom stereocenters. The summed E-state index contributed by atoms with van der Waals surface area (Å²) in [5.74, 6) is -1.92. The van der Waals surface area contributed by atoms with E-state index in [9.17, 15) is 9.59 Å². The first kappa shape index (κ1) is 14.0. The van der Waals surface area contributed by atoms with Gasteiger partial charge in [0, 0.05) is 21.6 Å². The first-order valence-corrected chi connectivity index (χ1v) is 6.04. The Morgan fingerprint density at radius 2 is 2.12 bits per heavy atom. The molecule has 0 aliphatic carbocycles. The molecule has 0 saturated heterocycles. The summed E-state index contributed by atoms with van der Waals surface area (Å²) in [5, 5.41) is 11.6. The normalized spacial score (nSPS) is 11.9. The van der Waals surface area contributed by atoms with Gasteiger partial charge in [-0.2, -0.15) is 0 Å². The number of halogens is 2. The van der Waals surface area contributed by atoms with Crippen molar-refractivity contribution in [1.29, 1.82) is 0 Å². The van der Waals surface area contributed by atoms with E-state index >= 15 is 0 Å². The lowest BCUT2D eigenvalue weighted by Crippen LogP contribution is -2.31. The van der Waals surface area contributed by atoms with Crippen LogP contribution in [0.5, 0.6) is 0 Å². The van der Waals surface area contributed by atoms with Crippen molar-refractivity contribution in [1.82, 2.24) is 5.32 Å². The van der Waals surface area contributed by atoms with Crippen molar-refractivity contribution >= 4 is 39.4 Å². The van der Waals surface area contributed by atoms with E-state index in [-0.39, 0.29) is 12.5 Å². The number of carboxylic acid groups (broad SMARTS) is 1. The Hall–Kier alpha value is -1.07. The highest BCUT2D eigenvalue weighted by Gasteiger charge is 2.13. The second-order valence-corrected chi connectivity index (χ2v) is 4.96. The smallest absolute Gasteiger partial charge is 0.308 e. The molecule has 1 aromatic rings. The number of aliphatic carboxylic acids is 1. The van der Waals surface area contributed by atoms with Crippen LogP contribution in [0, 0.1) is 5.92 Å². The SMILES string of the molecule is CC(CNC(=O)c1cc(Cl)cc(Br)c1)C(=O)O. The fourth-order valence-electron chi connectivity index (χ4n) is 1.12. The summed E-state index contributed by atoms with van der Waals surface area (Å²) in [6, 6.07) is 4.80. The molecule has 0 heterocycles. The van der Waals surface area contributed by atoms with Gasteiger partial charge in [-0.05, 0) is 18.2 Å². The molecule has 0 spiro atoms. The zero-order chi connectivity index (χ0) is 13.0. The van der Waals surface area contributed by atoms with Crippen molar-refractivity contribution in [3.05, 3.63) is 33.3 Å². The molecule has 0 saturated carbocycles. The molecule has 1 atom stereocenters. The molecule has 1 aromatic carbocycles. The van der Waals surface area contributed by atoms with E-state index in [0.717, 1.165) is 0 Å². The molecular weight excluding hydrogens is 309 g/mol. The first-order chi connectivity index (χ1) is 7.90. The molecule has 0 aromatic heterocycles. The molecule has 6 heteroatoms. The lowest BCUT2D eigenvalue weighted by Gasteiger charge is -2.08. The summed E-state index contributed by atoms with van der Waals surface area (Å²) in [7, 11) is 0. The quantitative estimate of drug-likeness (QED) is 0.896. The maximum Gasteiger partial charge on any atom is 0.308 e. The summed E-state index contributed by atoms with van der Waals surface area (Å²) in [6.07, 6.45) is 0. The number of hydrogen-bond donors (Lipinski definition) is 2. The standard InChI is InChI=1S/C11H11BrClNO3/c1-6(11(16)17)5-14-10(15)7-2-8(12)4-9(13)3-7/h2-4,6H,5H2,1H3,(H,14,15)(H,16,17). The largest absolute Gasteiger partial charge is 0.481 e. The zero-order valence-electron chi connectivity index (χ0n) is 9.04. The molecule has 0 radical (unpaired) electrons. The molecule has 0 aliphatic rings. The van der Waals surface area contributed by atoms with Crippen molar-refractivity contribution in [2.24, 2.45) is 5.92 Å². The summed E-state index contributed by atoms with van der Waals surface area (Å²) in [5.41, 5.74) is 0.391. The van der Waals surface area contributed by atoms with Crippen molar-refractivity contribution in [3.8, 4) is 0 Å². The predicted molar refractivity (Wildman–Crippen MR) is 68.3 cm³/mol. The van der Waals surface area contributed by atoms with Gasteiger partial charge < -0.3 is 10.4 Å². The Labute approximate surface area is 112 Å². The van der Waals surface area contributed by atoms with Crippen LogP contribution in [0.3, 0.4) is 0 Å². The highest BCUT2D eigenvalue weighted by atomic mass is 79.9. The lowest BCUT2D eigenvalue weighted by molar-refractivity contribution is -0.140. The number of carboxylic acids is 1. The molecular formula is C11H11BrClNO3. The van der Waals surface area contributed by atoms with Crippen LogP contribution in [-0.4, -0.2) is 23.5 Å². The Kier molecular flexibility index (Phi) is 4.96. The van der Waals surface area contributed by atoms with E-state index in [1.54, 1.807) is 12.1 Å². The van der Waals surface area contributed by atoms with Crippen molar-refractivity contribution < 1.29 is 14.7 Å². The minimum absolute atomic E-state index is 0.0816. The molecule has 92 valence electrons. The topological polar surface area (TPSA) is 66.4 Å². The average Bonchev–Trinajstić information content (AvgIpc) is 2.23. The van der Waals surface area contributed by atoms with Gasteiger partial charge >= 0.3 is 5.97 Å². The van der Waals surface area contributed by atoms with Crippen molar-refractivity contribution in [3.63, 3.8) is 0 Å². The Balaban J connectivity index is 2.67. The van der Waals surface area contributed by atoms with E-state index in [1.165, 1.54) is 13.0 Å². The van der Waals surface area contributed by atoms with E-state index in [2.05, 4.69) is 21.2 Å². The Morgan fingerprint density at radius 1 is 1.47 bits per heavy atom. The highest BCUT2D eigenvalue weighted by Crippen LogP contribution is 2.19. The number of amides is 1. The van der Waals surface area contributed by atoms with Gasteiger partial charge in [0.2, 0.25) is 0 Å². The second-order valence-electron chi connectivity index (χ2n) is 3.61. The minimum atomic E-state index is -0.947. The van der Waals surface area contributed by atoms with Crippen molar-refractivity contribution in [2.45, 2.75) is 6.92 Å². The summed E-state index contributed by atoms with van der Waals surface area (Å²) >= 11 is 9.03. The molecule has 1 rings (SSSR count). The molecule has 0 bridgehead atoms. The van der Waals surface area contributed by atoms with Gasteiger partial charge in [0.25, 0.3) is 5.91 Å². The predicted octanol–water partition coefficient (Wildman–Crippen LogP) is 2.55. The third kappa shape index (κ3) is 4.36. The van der Waals surface area contributed by atoms with Crippen LogP contribution >= 0.6 is 27.5 Å². The minimum Gasteiger partial charge on any atom is -0.481 e. The van der Waals surface area contributed by atoms with E-state index in [0.29, 0.717) is 15.1 Å². The molecule has 17 heavy (non-hydrogen) atoms. The fourth-order valence-corrected chi connectivity index (χ4v) is 1.98. The zero-order valence-corrected chi connectivity index (χ0v) is 11.4. The number of rotatable bonds is 4. The molecule has 0 aliphatic heterocycles. The maximum atomic E-state index is 11.7. The Bertz CT molecular complexity index is 430. The fraction of sp³-hybridized carbons (Fsp3) is 0.273. The van der Waals surface area contributed by atoms with Gasteiger partial charge in [-0.3, -0.25) is 9.59 Å². The van der Waals surface area contributed by atoms with Crippen LogP contribution < -0.4 is 5.32 Å². The average molecular weight is 321 g/mol. The monoisotopic (exact) mass is 319 g/mol. The number of benzene rings is 1. The van der Waals surface area contributed by atoms with Crippen LogP contribution in [-0.2, 0) is 4.79 Å². The van der Waals surface area contributed by atoms with E-state index in [1.807, 2.05) is 0 Å². The first-order valence-electron chi connectivity index (χ1n) is 4.87. The van der Waals surface area contributed by atoms with Crippen LogP contribution in [0.25, 0.3) is 0 Å². The summed E-state index contributed by atoms with van der Waals surface area (Å²) < 4.78 is 0.696. The van der Waals surface area contributed by atoms with E-state index < -0.39 is 11.9 Å². The summed E-state index contributed by atoms with van der Waals surface area (Å²) in [4.78, 5) is 22.3. The van der Waals surface area contributed by atoms with Crippen LogP contribution in [0.4, 0.5) is 0 Å². The van der Waals surface area contributed by atoms with Gasteiger partial charge in [-0.15, -0.1) is 0 Å². The third-order valence-corrected chi connectivity index (χ3v) is 2.79. The highest BCUT2D eigenvalue weighted by molar-refractivity contribution is 9.10. The van der Waals surface area contributed by atoms with Gasteiger partial charge in [0.1, 0.15) is 0 Å². The molecule has 0 fully saturated rings. The number of nitrogens with one attached hydrogen (secondary N) is 1. The molecule has 1 amide bonds. The van der Waals surface area contributed by atoms with Gasteiger partial charge in [-0.25, -0.2) is 0 Å². The number of hydrogen-bond acceptors (Lipinski definition) is 2. The van der Waals surface area contributed by atoms with Gasteiger partial charge in [0.05, 0.1) is 5.92 Å². The molecule has 2 N–H and O–H groups in total. The van der Waals surface area contributed by atoms with Crippen molar-refractivity contribution in [2.75, 3.05) is 6.54 Å². The van der Waals surface area contributed by atoms with Crippen LogP contribution in [0.1, 0.15) is 17.3 Å². The van der Waals surface area contributed by atoms with Crippen LogP contribution in [0.2, 0.25) is 5.02 Å². The van der Waals surface area contributed by atoms with Crippen LogP contribution in [0.15, 0.2) is 22.7 Å².